The highest BCUT2D eigenvalue weighted by Gasteiger charge is 2.41. The minimum atomic E-state index is -4.67. The maximum Gasteiger partial charge on any atom is 0.422 e. The van der Waals surface area contributed by atoms with Crippen LogP contribution in [0.25, 0.3) is 0 Å². The van der Waals surface area contributed by atoms with E-state index < -0.39 is 37.1 Å². The Morgan fingerprint density at radius 2 is 1.69 bits per heavy atom. The van der Waals surface area contributed by atoms with Gasteiger partial charge in [-0.05, 0) is 31.9 Å². The summed E-state index contributed by atoms with van der Waals surface area (Å²) in [7, 11) is 2.84. The quantitative estimate of drug-likeness (QED) is 0.476. The first-order valence-corrected chi connectivity index (χ1v) is 11.4. The summed E-state index contributed by atoms with van der Waals surface area (Å²) in [4.78, 5) is 28.6. The van der Waals surface area contributed by atoms with E-state index in [9.17, 15) is 22.8 Å². The lowest BCUT2D eigenvalue weighted by Gasteiger charge is -2.42. The molecule has 0 N–H and O–H groups in total. The highest BCUT2D eigenvalue weighted by molar-refractivity contribution is 5.91. The van der Waals surface area contributed by atoms with Gasteiger partial charge in [-0.15, -0.1) is 0 Å². The van der Waals surface area contributed by atoms with Crippen molar-refractivity contribution >= 4 is 17.9 Å². The molecular formula is C25H29F3N2O6. The van der Waals surface area contributed by atoms with Crippen LogP contribution in [0, 0.1) is 0 Å². The number of methoxy groups -OCH3 is 2. The van der Waals surface area contributed by atoms with Crippen molar-refractivity contribution in [3.63, 3.8) is 0 Å². The van der Waals surface area contributed by atoms with Gasteiger partial charge in [0.25, 0.3) is 0 Å². The largest absolute Gasteiger partial charge is 0.493 e. The first kappa shape index (κ1) is 27.0. The first-order chi connectivity index (χ1) is 17.1. The Hall–Kier alpha value is -3.63. The number of ether oxygens (including phenoxy) is 4. The molecule has 8 nitrogen and oxygen atoms in total. The number of halogens is 3. The number of hydrogen-bond donors (Lipinski definition) is 0. The fourth-order valence-electron chi connectivity index (χ4n) is 4.23. The van der Waals surface area contributed by atoms with Gasteiger partial charge >= 0.3 is 18.4 Å². The van der Waals surface area contributed by atoms with Gasteiger partial charge in [-0.25, -0.2) is 9.59 Å². The van der Waals surface area contributed by atoms with E-state index in [0.29, 0.717) is 11.3 Å². The Balaban J connectivity index is 2.10. The van der Waals surface area contributed by atoms with E-state index in [0.717, 1.165) is 10.5 Å². The van der Waals surface area contributed by atoms with Crippen molar-refractivity contribution in [3.05, 3.63) is 53.6 Å². The molecule has 196 valence electrons. The van der Waals surface area contributed by atoms with Gasteiger partial charge in [0.1, 0.15) is 0 Å². The SMILES string of the molecule is CCOC(=O)N(Cc1ccccc1)C1CC(C)N(C(=O)OCC(F)(F)F)c2cc(OC)c(OC)cc21. The number of alkyl halides is 3. The van der Waals surface area contributed by atoms with Gasteiger partial charge in [0.2, 0.25) is 0 Å². The maximum atomic E-state index is 13.1. The Morgan fingerprint density at radius 3 is 2.28 bits per heavy atom. The van der Waals surface area contributed by atoms with Crippen LogP contribution in [0.4, 0.5) is 28.4 Å². The topological polar surface area (TPSA) is 77.5 Å². The van der Waals surface area contributed by atoms with Gasteiger partial charge < -0.3 is 18.9 Å². The van der Waals surface area contributed by atoms with Crippen LogP contribution in [0.2, 0.25) is 0 Å². The Labute approximate surface area is 207 Å². The van der Waals surface area contributed by atoms with Crippen molar-refractivity contribution in [2.75, 3.05) is 32.3 Å². The van der Waals surface area contributed by atoms with Crippen LogP contribution in [0.3, 0.4) is 0 Å². The van der Waals surface area contributed by atoms with Gasteiger partial charge in [-0.3, -0.25) is 9.80 Å². The first-order valence-electron chi connectivity index (χ1n) is 11.4. The summed E-state index contributed by atoms with van der Waals surface area (Å²) < 4.78 is 58.9. The smallest absolute Gasteiger partial charge is 0.422 e. The third-order valence-corrected chi connectivity index (χ3v) is 5.79. The van der Waals surface area contributed by atoms with Gasteiger partial charge in [0, 0.05) is 24.2 Å². The standard InChI is InChI=1S/C25H29F3N2O6/c1-5-35-23(31)29(14-17-9-7-6-8-10-17)19-11-16(2)30(24(32)36-15-25(26,27)28)20-13-22(34-4)21(33-3)12-18(19)20/h6-10,12-13,16,19H,5,11,14-15H2,1-4H3. The molecule has 0 radical (unpaired) electrons. The summed E-state index contributed by atoms with van der Waals surface area (Å²) in [6.07, 6.45) is -6.17. The molecule has 2 unspecified atom stereocenters. The molecule has 0 aliphatic carbocycles. The lowest BCUT2D eigenvalue weighted by molar-refractivity contribution is -0.159. The second-order valence-electron chi connectivity index (χ2n) is 8.22. The molecule has 2 atom stereocenters. The van der Waals surface area contributed by atoms with E-state index in [-0.39, 0.29) is 31.0 Å². The lowest BCUT2D eigenvalue weighted by atomic mass is 9.90. The van der Waals surface area contributed by atoms with Gasteiger partial charge in [0.15, 0.2) is 18.1 Å². The molecule has 36 heavy (non-hydrogen) atoms. The van der Waals surface area contributed by atoms with E-state index >= 15 is 0 Å². The Morgan fingerprint density at radius 1 is 1.06 bits per heavy atom. The molecule has 0 aromatic heterocycles. The summed E-state index contributed by atoms with van der Waals surface area (Å²) in [5, 5.41) is 0. The third kappa shape index (κ3) is 6.13. The second kappa shape index (κ2) is 11.4. The molecule has 1 aliphatic rings. The van der Waals surface area contributed by atoms with Gasteiger partial charge in [0.05, 0.1) is 32.6 Å². The fraction of sp³-hybridized carbons (Fsp3) is 0.440. The van der Waals surface area contributed by atoms with E-state index in [4.69, 9.17) is 14.2 Å². The molecule has 3 rings (SSSR count). The predicted octanol–water partition coefficient (Wildman–Crippen LogP) is 5.70. The molecule has 0 fully saturated rings. The van der Waals surface area contributed by atoms with Gasteiger partial charge in [-0.1, -0.05) is 30.3 Å². The highest BCUT2D eigenvalue weighted by atomic mass is 19.4. The lowest BCUT2D eigenvalue weighted by Crippen LogP contribution is -2.48. The van der Waals surface area contributed by atoms with Crippen molar-refractivity contribution in [2.24, 2.45) is 0 Å². The Bertz CT molecular complexity index is 1060. The number of carbonyl (C=O) groups is 2. The minimum absolute atomic E-state index is 0.154. The summed E-state index contributed by atoms with van der Waals surface area (Å²) in [6.45, 7) is 2.02. The number of benzene rings is 2. The van der Waals surface area contributed by atoms with E-state index in [1.807, 2.05) is 30.3 Å². The van der Waals surface area contributed by atoms with Crippen LogP contribution >= 0.6 is 0 Å². The summed E-state index contributed by atoms with van der Waals surface area (Å²) in [5.41, 5.74) is 1.59. The van der Waals surface area contributed by atoms with Gasteiger partial charge in [-0.2, -0.15) is 13.2 Å². The van der Waals surface area contributed by atoms with Crippen LogP contribution in [-0.2, 0) is 16.0 Å². The van der Waals surface area contributed by atoms with Crippen LogP contribution in [0.15, 0.2) is 42.5 Å². The normalized spacial score (nSPS) is 17.1. The second-order valence-corrected chi connectivity index (χ2v) is 8.22. The molecule has 0 spiro atoms. The molecule has 11 heteroatoms. The molecule has 1 heterocycles. The number of carbonyl (C=O) groups excluding carboxylic acids is 2. The number of nitrogens with zero attached hydrogens (tertiary/aromatic N) is 2. The summed E-state index contributed by atoms with van der Waals surface area (Å²) >= 11 is 0. The molecule has 0 saturated carbocycles. The zero-order valence-electron chi connectivity index (χ0n) is 20.5. The van der Waals surface area contributed by atoms with E-state index in [2.05, 4.69) is 4.74 Å². The number of rotatable bonds is 7. The third-order valence-electron chi connectivity index (χ3n) is 5.79. The van der Waals surface area contributed by atoms with Crippen LogP contribution in [0.5, 0.6) is 11.5 Å². The number of amides is 2. The average Bonchev–Trinajstić information content (AvgIpc) is 2.85. The van der Waals surface area contributed by atoms with Crippen LogP contribution in [-0.4, -0.2) is 56.7 Å². The fourth-order valence-corrected chi connectivity index (χ4v) is 4.23. The maximum absolute atomic E-state index is 13.1. The van der Waals surface area contributed by atoms with Crippen molar-refractivity contribution in [2.45, 2.75) is 45.1 Å². The molecule has 1 aliphatic heterocycles. The number of hydrogen-bond acceptors (Lipinski definition) is 6. The van der Waals surface area contributed by atoms with E-state index in [1.54, 1.807) is 24.8 Å². The predicted molar refractivity (Wildman–Crippen MR) is 125 cm³/mol. The van der Waals surface area contributed by atoms with E-state index in [1.165, 1.54) is 20.3 Å². The van der Waals surface area contributed by atoms with Crippen molar-refractivity contribution in [3.8, 4) is 11.5 Å². The van der Waals surface area contributed by atoms with Crippen LogP contribution in [0.1, 0.15) is 37.4 Å². The van der Waals surface area contributed by atoms with Crippen molar-refractivity contribution < 1.29 is 41.7 Å². The zero-order chi connectivity index (χ0) is 26.5. The Kier molecular flexibility index (Phi) is 8.54. The highest BCUT2D eigenvalue weighted by Crippen LogP contribution is 2.46. The molecule has 2 aromatic rings. The summed E-state index contributed by atoms with van der Waals surface area (Å²) in [6, 6.07) is 11.2. The molecular weight excluding hydrogens is 481 g/mol. The number of fused-ring (bicyclic) bond motifs is 1. The minimum Gasteiger partial charge on any atom is -0.493 e. The molecule has 0 saturated heterocycles. The van der Waals surface area contributed by atoms with Crippen LogP contribution < -0.4 is 14.4 Å². The number of anilines is 1. The molecule has 2 amide bonds. The summed E-state index contributed by atoms with van der Waals surface area (Å²) in [5.74, 6) is 0.603. The molecule has 2 aromatic carbocycles. The molecule has 0 bridgehead atoms. The average molecular weight is 511 g/mol. The zero-order valence-corrected chi connectivity index (χ0v) is 20.5. The van der Waals surface area contributed by atoms with Crippen molar-refractivity contribution in [1.82, 2.24) is 4.90 Å². The van der Waals surface area contributed by atoms with Crippen molar-refractivity contribution in [1.29, 1.82) is 0 Å². The monoisotopic (exact) mass is 510 g/mol.